The fraction of sp³-hybridized carbons (Fsp3) is 0.700. The van der Waals surface area contributed by atoms with Crippen molar-refractivity contribution in [2.45, 2.75) is 33.7 Å². The van der Waals surface area contributed by atoms with Crippen molar-refractivity contribution in [3.8, 4) is 5.88 Å². The number of ether oxygens (including phenoxy) is 1. The molecular weight excluding hydrogens is 180 g/mol. The molecule has 0 unspecified atom stereocenters. The molecule has 4 nitrogen and oxygen atoms in total. The number of hydrogen-bond acceptors (Lipinski definition) is 3. The van der Waals surface area contributed by atoms with Crippen LogP contribution in [0.4, 0.5) is 0 Å². The molecule has 0 aliphatic rings. The SMILES string of the molecule is CCOc1nn([C@@H](C)CO)c(C)c1C. The summed E-state index contributed by atoms with van der Waals surface area (Å²) in [5.41, 5.74) is 2.10. The van der Waals surface area contributed by atoms with E-state index in [2.05, 4.69) is 5.10 Å². The van der Waals surface area contributed by atoms with E-state index in [4.69, 9.17) is 9.84 Å². The molecule has 0 spiro atoms. The van der Waals surface area contributed by atoms with Gasteiger partial charge in [0.2, 0.25) is 5.88 Å². The first-order chi connectivity index (χ1) is 6.61. The first-order valence-electron chi connectivity index (χ1n) is 4.91. The number of aliphatic hydroxyl groups excluding tert-OH is 1. The molecule has 0 saturated heterocycles. The van der Waals surface area contributed by atoms with Crippen LogP contribution < -0.4 is 4.74 Å². The van der Waals surface area contributed by atoms with Gasteiger partial charge in [-0.25, -0.2) is 0 Å². The van der Waals surface area contributed by atoms with Gasteiger partial charge in [0.1, 0.15) is 0 Å². The van der Waals surface area contributed by atoms with E-state index in [0.717, 1.165) is 11.3 Å². The van der Waals surface area contributed by atoms with Crippen LogP contribution in [0, 0.1) is 13.8 Å². The highest BCUT2D eigenvalue weighted by atomic mass is 16.5. The smallest absolute Gasteiger partial charge is 0.235 e. The summed E-state index contributed by atoms with van der Waals surface area (Å²) in [6, 6.07) is 0.00269. The summed E-state index contributed by atoms with van der Waals surface area (Å²) >= 11 is 0. The van der Waals surface area contributed by atoms with E-state index in [-0.39, 0.29) is 12.6 Å². The van der Waals surface area contributed by atoms with Gasteiger partial charge in [-0.3, -0.25) is 4.68 Å². The number of rotatable bonds is 4. The van der Waals surface area contributed by atoms with Crippen LogP contribution in [0.25, 0.3) is 0 Å². The molecule has 0 aromatic carbocycles. The molecule has 0 fully saturated rings. The van der Waals surface area contributed by atoms with Crippen molar-refractivity contribution in [2.24, 2.45) is 0 Å². The van der Waals surface area contributed by atoms with Crippen molar-refractivity contribution in [1.29, 1.82) is 0 Å². The Kier molecular flexibility index (Phi) is 3.52. The van der Waals surface area contributed by atoms with Crippen LogP contribution in [0.15, 0.2) is 0 Å². The maximum Gasteiger partial charge on any atom is 0.235 e. The Labute approximate surface area is 84.5 Å². The minimum absolute atomic E-state index is 0.00269. The number of aliphatic hydroxyl groups is 1. The number of nitrogens with zero attached hydrogens (tertiary/aromatic N) is 2. The predicted octanol–water partition coefficient (Wildman–Crippen LogP) is 1.45. The van der Waals surface area contributed by atoms with Gasteiger partial charge in [-0.05, 0) is 27.7 Å². The normalized spacial score (nSPS) is 12.9. The Hall–Kier alpha value is -1.03. The van der Waals surface area contributed by atoms with Gasteiger partial charge < -0.3 is 9.84 Å². The molecule has 0 saturated carbocycles. The first-order valence-corrected chi connectivity index (χ1v) is 4.91. The van der Waals surface area contributed by atoms with E-state index in [1.165, 1.54) is 0 Å². The van der Waals surface area contributed by atoms with Crippen molar-refractivity contribution >= 4 is 0 Å². The zero-order valence-corrected chi connectivity index (χ0v) is 9.24. The topological polar surface area (TPSA) is 47.3 Å². The van der Waals surface area contributed by atoms with Crippen molar-refractivity contribution in [3.05, 3.63) is 11.3 Å². The molecular formula is C10H18N2O2. The second kappa shape index (κ2) is 4.46. The molecule has 0 aliphatic carbocycles. The summed E-state index contributed by atoms with van der Waals surface area (Å²) in [5.74, 6) is 0.672. The van der Waals surface area contributed by atoms with Crippen LogP contribution in [0.2, 0.25) is 0 Å². The van der Waals surface area contributed by atoms with Gasteiger partial charge in [-0.2, -0.15) is 0 Å². The molecule has 0 radical (unpaired) electrons. The highest BCUT2D eigenvalue weighted by Gasteiger charge is 2.14. The summed E-state index contributed by atoms with van der Waals surface area (Å²) in [5, 5.41) is 13.3. The standard InChI is InChI=1S/C10H18N2O2/c1-5-14-10-8(3)9(4)12(11-10)7(2)6-13/h7,13H,5-6H2,1-4H3/t7-/m0/s1. The lowest BCUT2D eigenvalue weighted by molar-refractivity contribution is 0.224. The largest absolute Gasteiger partial charge is 0.477 e. The molecule has 1 aromatic rings. The van der Waals surface area contributed by atoms with Gasteiger partial charge >= 0.3 is 0 Å². The predicted molar refractivity (Wildman–Crippen MR) is 54.7 cm³/mol. The molecule has 14 heavy (non-hydrogen) atoms. The van der Waals surface area contributed by atoms with Crippen molar-refractivity contribution in [2.75, 3.05) is 13.2 Å². The molecule has 1 atom stereocenters. The monoisotopic (exact) mass is 198 g/mol. The summed E-state index contributed by atoms with van der Waals surface area (Å²) in [4.78, 5) is 0. The van der Waals surface area contributed by atoms with Crippen molar-refractivity contribution in [3.63, 3.8) is 0 Å². The molecule has 1 heterocycles. The van der Waals surface area contributed by atoms with Crippen LogP contribution in [-0.4, -0.2) is 28.1 Å². The number of aromatic nitrogens is 2. The van der Waals surface area contributed by atoms with Crippen LogP contribution in [0.1, 0.15) is 31.1 Å². The van der Waals surface area contributed by atoms with Crippen LogP contribution in [-0.2, 0) is 0 Å². The van der Waals surface area contributed by atoms with Gasteiger partial charge in [0.25, 0.3) is 0 Å². The minimum atomic E-state index is 0.00269. The second-order valence-electron chi connectivity index (χ2n) is 3.42. The van der Waals surface area contributed by atoms with Crippen molar-refractivity contribution < 1.29 is 9.84 Å². The lowest BCUT2D eigenvalue weighted by Gasteiger charge is -2.10. The Bertz CT molecular complexity index is 307. The summed E-state index contributed by atoms with van der Waals surface area (Å²) in [6.07, 6.45) is 0. The molecule has 0 amide bonds. The van der Waals surface area contributed by atoms with Crippen molar-refractivity contribution in [1.82, 2.24) is 9.78 Å². The van der Waals surface area contributed by atoms with Gasteiger partial charge in [-0.15, -0.1) is 5.10 Å². The average molecular weight is 198 g/mol. The fourth-order valence-corrected chi connectivity index (χ4v) is 1.35. The second-order valence-corrected chi connectivity index (χ2v) is 3.42. The van der Waals surface area contributed by atoms with Crippen LogP contribution in [0.3, 0.4) is 0 Å². The molecule has 1 rings (SSSR count). The summed E-state index contributed by atoms with van der Waals surface area (Å²) in [6.45, 7) is 8.53. The maximum absolute atomic E-state index is 9.04. The Morgan fingerprint density at radius 1 is 1.50 bits per heavy atom. The first kappa shape index (κ1) is 11.0. The molecule has 1 aromatic heterocycles. The van der Waals surface area contributed by atoms with E-state index < -0.39 is 0 Å². The zero-order valence-electron chi connectivity index (χ0n) is 9.24. The lowest BCUT2D eigenvalue weighted by atomic mass is 10.2. The van der Waals surface area contributed by atoms with Gasteiger partial charge in [0.15, 0.2) is 0 Å². The minimum Gasteiger partial charge on any atom is -0.477 e. The molecule has 0 bridgehead atoms. The Morgan fingerprint density at radius 2 is 2.14 bits per heavy atom. The van der Waals surface area contributed by atoms with Gasteiger partial charge in [0.05, 0.1) is 19.3 Å². The fourth-order valence-electron chi connectivity index (χ4n) is 1.35. The van der Waals surface area contributed by atoms with Crippen LogP contribution >= 0.6 is 0 Å². The quantitative estimate of drug-likeness (QED) is 0.796. The van der Waals surface area contributed by atoms with Gasteiger partial charge in [-0.1, -0.05) is 0 Å². The third-order valence-electron chi connectivity index (χ3n) is 2.37. The molecule has 1 N–H and O–H groups in total. The van der Waals surface area contributed by atoms with E-state index in [9.17, 15) is 0 Å². The van der Waals surface area contributed by atoms with E-state index in [0.29, 0.717) is 12.5 Å². The summed E-state index contributed by atoms with van der Waals surface area (Å²) < 4.78 is 7.19. The summed E-state index contributed by atoms with van der Waals surface area (Å²) in [7, 11) is 0. The van der Waals surface area contributed by atoms with E-state index in [1.54, 1.807) is 4.68 Å². The maximum atomic E-state index is 9.04. The lowest BCUT2D eigenvalue weighted by Crippen LogP contribution is -2.12. The Morgan fingerprint density at radius 3 is 2.64 bits per heavy atom. The molecule has 4 heteroatoms. The van der Waals surface area contributed by atoms with Gasteiger partial charge in [0, 0.05) is 11.3 Å². The third kappa shape index (κ3) is 1.90. The van der Waals surface area contributed by atoms with E-state index >= 15 is 0 Å². The molecule has 0 aliphatic heterocycles. The van der Waals surface area contributed by atoms with E-state index in [1.807, 2.05) is 27.7 Å². The zero-order chi connectivity index (χ0) is 10.7. The average Bonchev–Trinajstić information content (AvgIpc) is 2.46. The number of hydrogen-bond donors (Lipinski definition) is 1. The highest BCUT2D eigenvalue weighted by Crippen LogP contribution is 2.22. The Balaban J connectivity index is 3.01. The van der Waals surface area contributed by atoms with Crippen LogP contribution in [0.5, 0.6) is 5.88 Å². The third-order valence-corrected chi connectivity index (χ3v) is 2.37. The highest BCUT2D eigenvalue weighted by molar-refractivity contribution is 5.29. The molecule has 80 valence electrons.